The number of fused-ring (bicyclic) bond motifs is 3. The van der Waals surface area contributed by atoms with Gasteiger partial charge in [-0.15, -0.1) is 0 Å². The molecule has 2 atom stereocenters. The number of likely N-dealkylation sites (tertiary alicyclic amines) is 1. The van der Waals surface area contributed by atoms with Crippen LogP contribution in [0.25, 0.3) is 11.1 Å². The van der Waals surface area contributed by atoms with Gasteiger partial charge >= 0.3 is 12.1 Å². The lowest BCUT2D eigenvalue weighted by atomic mass is 9.98. The van der Waals surface area contributed by atoms with Gasteiger partial charge < -0.3 is 20.1 Å². The van der Waals surface area contributed by atoms with Crippen LogP contribution in [0.2, 0.25) is 0 Å². The average Bonchev–Trinajstić information content (AvgIpc) is 3.39. The first kappa shape index (κ1) is 23.8. The molecule has 7 nitrogen and oxygen atoms in total. The van der Waals surface area contributed by atoms with Gasteiger partial charge in [-0.25, -0.2) is 4.79 Å². The predicted octanol–water partition coefficient (Wildman–Crippen LogP) is 4.41. The monoisotopic (exact) mass is 464 g/mol. The first-order valence-electron chi connectivity index (χ1n) is 12.0. The van der Waals surface area contributed by atoms with E-state index >= 15 is 0 Å². The SMILES string of the molecule is CC(C)C(CC(=O)N1CCC[C@H]1CC(=O)O)NC(=O)OCC1c2ccccc2-c2ccccc21. The Morgan fingerprint density at radius 3 is 2.26 bits per heavy atom. The molecule has 2 aromatic carbocycles. The molecule has 1 unspecified atom stereocenters. The minimum absolute atomic E-state index is 0.0185. The highest BCUT2D eigenvalue weighted by Crippen LogP contribution is 2.44. The molecule has 7 heteroatoms. The number of alkyl carbamates (subject to hydrolysis) is 1. The lowest BCUT2D eigenvalue weighted by Crippen LogP contribution is -2.45. The molecule has 0 bridgehead atoms. The van der Waals surface area contributed by atoms with Crippen molar-refractivity contribution in [3.63, 3.8) is 0 Å². The van der Waals surface area contributed by atoms with Crippen LogP contribution in [-0.4, -0.2) is 53.2 Å². The summed E-state index contributed by atoms with van der Waals surface area (Å²) in [7, 11) is 0. The number of aliphatic carboxylic acids is 1. The highest BCUT2D eigenvalue weighted by molar-refractivity contribution is 5.80. The van der Waals surface area contributed by atoms with E-state index in [0.29, 0.717) is 13.0 Å². The third-order valence-electron chi connectivity index (χ3n) is 6.95. The van der Waals surface area contributed by atoms with Crippen molar-refractivity contribution in [1.29, 1.82) is 0 Å². The summed E-state index contributed by atoms with van der Waals surface area (Å²) in [4.78, 5) is 38.4. The van der Waals surface area contributed by atoms with Crippen molar-refractivity contribution in [3.8, 4) is 11.1 Å². The van der Waals surface area contributed by atoms with Gasteiger partial charge in [0.25, 0.3) is 0 Å². The van der Waals surface area contributed by atoms with Gasteiger partial charge in [0.2, 0.25) is 5.91 Å². The molecule has 1 fully saturated rings. The first-order chi connectivity index (χ1) is 16.3. The quantitative estimate of drug-likeness (QED) is 0.604. The van der Waals surface area contributed by atoms with Crippen LogP contribution in [0.1, 0.15) is 56.6 Å². The molecule has 2 N–H and O–H groups in total. The number of nitrogens with zero attached hydrogens (tertiary/aromatic N) is 1. The molecule has 1 saturated heterocycles. The summed E-state index contributed by atoms with van der Waals surface area (Å²) >= 11 is 0. The molecule has 1 heterocycles. The summed E-state index contributed by atoms with van der Waals surface area (Å²) < 4.78 is 5.65. The van der Waals surface area contributed by atoms with Crippen LogP contribution in [0.15, 0.2) is 48.5 Å². The maximum absolute atomic E-state index is 12.9. The highest BCUT2D eigenvalue weighted by Gasteiger charge is 2.33. The zero-order chi connectivity index (χ0) is 24.2. The van der Waals surface area contributed by atoms with Crippen LogP contribution >= 0.6 is 0 Å². The van der Waals surface area contributed by atoms with Gasteiger partial charge in [-0.05, 0) is 41.0 Å². The second-order valence-electron chi connectivity index (χ2n) is 9.51. The van der Waals surface area contributed by atoms with Gasteiger partial charge in [0.1, 0.15) is 6.61 Å². The van der Waals surface area contributed by atoms with Crippen molar-refractivity contribution in [2.45, 2.75) is 57.5 Å². The molecule has 2 aliphatic rings. The predicted molar refractivity (Wildman–Crippen MR) is 128 cm³/mol. The van der Waals surface area contributed by atoms with Crippen LogP contribution in [0.4, 0.5) is 4.79 Å². The fourth-order valence-corrected chi connectivity index (χ4v) is 5.13. The van der Waals surface area contributed by atoms with Crippen molar-refractivity contribution in [2.24, 2.45) is 5.92 Å². The molecule has 0 radical (unpaired) electrons. The van der Waals surface area contributed by atoms with Gasteiger partial charge in [-0.1, -0.05) is 62.4 Å². The maximum atomic E-state index is 12.9. The summed E-state index contributed by atoms with van der Waals surface area (Å²) in [5.74, 6) is -1.04. The van der Waals surface area contributed by atoms with Crippen LogP contribution in [-0.2, 0) is 14.3 Å². The van der Waals surface area contributed by atoms with E-state index in [2.05, 4.69) is 29.6 Å². The Kier molecular flexibility index (Phi) is 7.20. The molecule has 0 aromatic heterocycles. The van der Waals surface area contributed by atoms with Crippen molar-refractivity contribution < 1.29 is 24.2 Å². The molecule has 180 valence electrons. The van der Waals surface area contributed by atoms with Crippen molar-refractivity contribution in [1.82, 2.24) is 10.2 Å². The molecule has 34 heavy (non-hydrogen) atoms. The fraction of sp³-hybridized carbons (Fsp3) is 0.444. The van der Waals surface area contributed by atoms with Gasteiger partial charge in [0.15, 0.2) is 0 Å². The van der Waals surface area contributed by atoms with Gasteiger partial charge in [0, 0.05) is 31.0 Å². The second kappa shape index (κ2) is 10.3. The Morgan fingerprint density at radius 1 is 1.06 bits per heavy atom. The van der Waals surface area contributed by atoms with Gasteiger partial charge in [-0.2, -0.15) is 0 Å². The zero-order valence-corrected chi connectivity index (χ0v) is 19.7. The number of hydrogen-bond donors (Lipinski definition) is 2. The number of nitrogens with one attached hydrogen (secondary N) is 1. The first-order valence-corrected chi connectivity index (χ1v) is 12.0. The average molecular weight is 465 g/mol. The van der Waals surface area contributed by atoms with E-state index in [1.807, 2.05) is 38.1 Å². The maximum Gasteiger partial charge on any atom is 0.407 e. The lowest BCUT2D eigenvalue weighted by molar-refractivity contribution is -0.140. The van der Waals surface area contributed by atoms with E-state index in [-0.39, 0.29) is 43.2 Å². The molecule has 0 spiro atoms. The normalized spacial score (nSPS) is 17.9. The number of carbonyl (C=O) groups is 3. The van der Waals surface area contributed by atoms with Crippen LogP contribution < -0.4 is 5.32 Å². The van der Waals surface area contributed by atoms with Crippen molar-refractivity contribution in [3.05, 3.63) is 59.7 Å². The third-order valence-corrected chi connectivity index (χ3v) is 6.95. The number of carboxylic acid groups (broad SMARTS) is 1. The van der Waals surface area contributed by atoms with Gasteiger partial charge in [0.05, 0.1) is 6.42 Å². The third kappa shape index (κ3) is 5.08. The number of hydrogen-bond acceptors (Lipinski definition) is 4. The molecule has 2 amide bonds. The van der Waals surface area contributed by atoms with E-state index in [4.69, 9.17) is 9.84 Å². The van der Waals surface area contributed by atoms with E-state index in [1.54, 1.807) is 4.90 Å². The fourth-order valence-electron chi connectivity index (χ4n) is 5.13. The Hall–Kier alpha value is -3.35. The minimum atomic E-state index is -0.901. The van der Waals surface area contributed by atoms with Crippen LogP contribution in [0, 0.1) is 5.92 Å². The van der Waals surface area contributed by atoms with Crippen molar-refractivity contribution >= 4 is 18.0 Å². The zero-order valence-electron chi connectivity index (χ0n) is 19.7. The van der Waals surface area contributed by atoms with E-state index < -0.39 is 18.1 Å². The topological polar surface area (TPSA) is 95.9 Å². The second-order valence-corrected chi connectivity index (χ2v) is 9.51. The number of carboxylic acids is 1. The summed E-state index contributed by atoms with van der Waals surface area (Å²) in [6.45, 7) is 4.67. The summed E-state index contributed by atoms with van der Waals surface area (Å²) in [5, 5.41) is 12.0. The Bertz CT molecular complexity index is 1020. The number of ether oxygens (including phenoxy) is 1. The molecule has 1 aliphatic heterocycles. The summed E-state index contributed by atoms with van der Waals surface area (Å²) in [6, 6.07) is 15.7. The molecule has 4 rings (SSSR count). The Balaban J connectivity index is 1.37. The number of benzene rings is 2. The number of carbonyl (C=O) groups excluding carboxylic acids is 2. The van der Waals surface area contributed by atoms with Crippen molar-refractivity contribution in [2.75, 3.05) is 13.2 Å². The molecule has 2 aromatic rings. The molecular weight excluding hydrogens is 432 g/mol. The molecular formula is C27H32N2O5. The summed E-state index contributed by atoms with van der Waals surface area (Å²) in [5.41, 5.74) is 4.62. The largest absolute Gasteiger partial charge is 0.481 e. The molecule has 0 saturated carbocycles. The van der Waals surface area contributed by atoms with E-state index in [0.717, 1.165) is 17.5 Å². The number of amides is 2. The van der Waals surface area contributed by atoms with Crippen LogP contribution in [0.5, 0.6) is 0 Å². The van der Waals surface area contributed by atoms with Gasteiger partial charge in [-0.3, -0.25) is 9.59 Å². The Morgan fingerprint density at radius 2 is 1.68 bits per heavy atom. The highest BCUT2D eigenvalue weighted by atomic mass is 16.5. The lowest BCUT2D eigenvalue weighted by Gasteiger charge is -2.28. The van der Waals surface area contributed by atoms with Crippen LogP contribution in [0.3, 0.4) is 0 Å². The Labute approximate surface area is 200 Å². The van der Waals surface area contributed by atoms with E-state index in [1.165, 1.54) is 11.1 Å². The molecule has 1 aliphatic carbocycles. The standard InChI is InChI=1S/C27H32N2O5/c1-17(2)24(15-25(30)29-13-7-8-18(29)14-26(31)32)28-27(33)34-16-23-21-11-5-3-9-19(21)20-10-4-6-12-22(20)23/h3-6,9-12,17-18,23-24H,7-8,13-16H2,1-2H3,(H,28,33)(H,31,32)/t18-,24?/m0/s1. The summed E-state index contributed by atoms with van der Waals surface area (Å²) in [6.07, 6.45) is 1.03. The minimum Gasteiger partial charge on any atom is -0.481 e. The smallest absolute Gasteiger partial charge is 0.407 e. The van der Waals surface area contributed by atoms with E-state index in [9.17, 15) is 14.4 Å². The number of rotatable bonds is 8.